The summed E-state index contributed by atoms with van der Waals surface area (Å²) in [5, 5.41) is 13.4. The van der Waals surface area contributed by atoms with E-state index >= 15 is 0 Å². The van der Waals surface area contributed by atoms with Gasteiger partial charge in [0.15, 0.2) is 0 Å². The van der Waals surface area contributed by atoms with Crippen molar-refractivity contribution in [1.82, 2.24) is 10.2 Å². The Kier molecular flexibility index (Phi) is 4.96. The van der Waals surface area contributed by atoms with Crippen LogP contribution in [0.15, 0.2) is 29.3 Å². The van der Waals surface area contributed by atoms with Crippen LogP contribution in [0.3, 0.4) is 0 Å². The minimum Gasteiger partial charge on any atom is -0.506 e. The van der Waals surface area contributed by atoms with Crippen molar-refractivity contribution >= 4 is 15.9 Å². The fourth-order valence-electron chi connectivity index (χ4n) is 2.46. The normalized spacial score (nSPS) is 18.2. The molecule has 0 amide bonds. The van der Waals surface area contributed by atoms with Crippen molar-refractivity contribution in [3.63, 3.8) is 0 Å². The second-order valence-electron chi connectivity index (χ2n) is 4.65. The number of hydrogen-bond donors (Lipinski definition) is 2. The minimum atomic E-state index is -0.344. The van der Waals surface area contributed by atoms with Gasteiger partial charge in [-0.05, 0) is 34.5 Å². The standard InChI is InChI=1S/C14H18BrFN2O/c1-2-3-13(18-6-4-17-5-7-18)11-8-10(16)9-12(15)14(11)19/h2,8-9,13,17,19H,1,3-7H2/t13-/m1/s1. The van der Waals surface area contributed by atoms with E-state index in [1.54, 1.807) is 0 Å². The molecule has 0 spiro atoms. The Morgan fingerprint density at radius 3 is 2.79 bits per heavy atom. The zero-order valence-corrected chi connectivity index (χ0v) is 12.3. The van der Waals surface area contributed by atoms with Gasteiger partial charge in [-0.3, -0.25) is 4.90 Å². The highest BCUT2D eigenvalue weighted by Crippen LogP contribution is 2.37. The molecule has 0 aliphatic carbocycles. The highest BCUT2D eigenvalue weighted by molar-refractivity contribution is 9.10. The van der Waals surface area contributed by atoms with Gasteiger partial charge < -0.3 is 10.4 Å². The van der Waals surface area contributed by atoms with Gasteiger partial charge in [0.2, 0.25) is 0 Å². The predicted molar refractivity (Wildman–Crippen MR) is 77.8 cm³/mol. The second kappa shape index (κ2) is 6.50. The molecule has 1 saturated heterocycles. The van der Waals surface area contributed by atoms with E-state index in [0.29, 0.717) is 16.5 Å². The topological polar surface area (TPSA) is 35.5 Å². The minimum absolute atomic E-state index is 0.0356. The molecule has 0 aromatic heterocycles. The van der Waals surface area contributed by atoms with Crippen LogP contribution >= 0.6 is 15.9 Å². The maximum Gasteiger partial charge on any atom is 0.134 e. The van der Waals surface area contributed by atoms with E-state index in [2.05, 4.69) is 32.7 Å². The summed E-state index contributed by atoms with van der Waals surface area (Å²) in [4.78, 5) is 2.25. The quantitative estimate of drug-likeness (QED) is 0.834. The molecule has 0 bridgehead atoms. The average molecular weight is 329 g/mol. The first-order valence-electron chi connectivity index (χ1n) is 6.37. The maximum atomic E-state index is 13.6. The van der Waals surface area contributed by atoms with Gasteiger partial charge in [-0.2, -0.15) is 0 Å². The first kappa shape index (κ1) is 14.5. The van der Waals surface area contributed by atoms with Crippen LogP contribution in [-0.2, 0) is 0 Å². The van der Waals surface area contributed by atoms with Gasteiger partial charge in [0, 0.05) is 37.8 Å². The Morgan fingerprint density at radius 1 is 1.47 bits per heavy atom. The molecule has 1 atom stereocenters. The lowest BCUT2D eigenvalue weighted by Crippen LogP contribution is -2.45. The van der Waals surface area contributed by atoms with Gasteiger partial charge in [0.25, 0.3) is 0 Å². The van der Waals surface area contributed by atoms with E-state index in [-0.39, 0.29) is 17.6 Å². The summed E-state index contributed by atoms with van der Waals surface area (Å²) < 4.78 is 14.0. The first-order chi connectivity index (χ1) is 9.13. The maximum absolute atomic E-state index is 13.6. The SMILES string of the molecule is C=CC[C@H](c1cc(F)cc(Br)c1O)N1CCNCC1. The van der Waals surface area contributed by atoms with Gasteiger partial charge in [0.05, 0.1) is 4.47 Å². The number of benzene rings is 1. The highest BCUT2D eigenvalue weighted by Gasteiger charge is 2.25. The van der Waals surface area contributed by atoms with Crippen molar-refractivity contribution in [2.45, 2.75) is 12.5 Å². The number of nitrogens with one attached hydrogen (secondary N) is 1. The molecule has 0 unspecified atom stereocenters. The van der Waals surface area contributed by atoms with Crippen LogP contribution in [0.4, 0.5) is 4.39 Å². The Labute approximate surface area is 121 Å². The number of aromatic hydroxyl groups is 1. The summed E-state index contributed by atoms with van der Waals surface area (Å²) in [6.07, 6.45) is 2.49. The number of piperazine rings is 1. The number of nitrogens with zero attached hydrogens (tertiary/aromatic N) is 1. The van der Waals surface area contributed by atoms with Crippen LogP contribution < -0.4 is 5.32 Å². The van der Waals surface area contributed by atoms with Crippen molar-refractivity contribution < 1.29 is 9.50 Å². The lowest BCUT2D eigenvalue weighted by Gasteiger charge is -2.35. The molecule has 0 saturated carbocycles. The van der Waals surface area contributed by atoms with E-state index in [1.165, 1.54) is 12.1 Å². The Morgan fingerprint density at radius 2 is 2.16 bits per heavy atom. The van der Waals surface area contributed by atoms with Crippen LogP contribution in [0.25, 0.3) is 0 Å². The molecule has 1 aromatic rings. The molecule has 3 nitrogen and oxygen atoms in total. The van der Waals surface area contributed by atoms with Gasteiger partial charge in [-0.15, -0.1) is 6.58 Å². The number of rotatable bonds is 4. The van der Waals surface area contributed by atoms with Crippen molar-refractivity contribution in [2.75, 3.05) is 26.2 Å². The molecular formula is C14H18BrFN2O. The molecule has 1 aliphatic rings. The predicted octanol–water partition coefficient (Wildman–Crippen LogP) is 2.82. The molecule has 2 rings (SSSR count). The van der Waals surface area contributed by atoms with Crippen molar-refractivity contribution in [3.8, 4) is 5.75 Å². The molecule has 2 N–H and O–H groups in total. The Hall–Kier alpha value is -0.910. The van der Waals surface area contributed by atoms with E-state index < -0.39 is 0 Å². The summed E-state index contributed by atoms with van der Waals surface area (Å²) in [7, 11) is 0. The summed E-state index contributed by atoms with van der Waals surface area (Å²) in [5.41, 5.74) is 0.619. The third-order valence-electron chi connectivity index (χ3n) is 3.40. The van der Waals surface area contributed by atoms with Crippen LogP contribution in [0.2, 0.25) is 0 Å². The number of phenols is 1. The summed E-state index contributed by atoms with van der Waals surface area (Å²) in [6, 6.07) is 2.66. The lowest BCUT2D eigenvalue weighted by molar-refractivity contribution is 0.171. The lowest BCUT2D eigenvalue weighted by atomic mass is 10.00. The number of halogens is 2. The molecule has 1 aromatic carbocycles. The van der Waals surface area contributed by atoms with Crippen LogP contribution in [-0.4, -0.2) is 36.2 Å². The molecule has 1 heterocycles. The number of phenolic OH excluding ortho intramolecular Hbond substituents is 1. The van der Waals surface area contributed by atoms with Gasteiger partial charge in [0.1, 0.15) is 11.6 Å². The van der Waals surface area contributed by atoms with Gasteiger partial charge >= 0.3 is 0 Å². The molecular weight excluding hydrogens is 311 g/mol. The van der Waals surface area contributed by atoms with Crippen LogP contribution in [0.1, 0.15) is 18.0 Å². The van der Waals surface area contributed by atoms with E-state index in [1.807, 2.05) is 6.08 Å². The van der Waals surface area contributed by atoms with Gasteiger partial charge in [-0.1, -0.05) is 6.08 Å². The Bertz CT molecular complexity index is 461. The second-order valence-corrected chi connectivity index (χ2v) is 5.51. The molecule has 104 valence electrons. The Balaban J connectivity index is 2.34. The largest absolute Gasteiger partial charge is 0.506 e. The fourth-order valence-corrected chi connectivity index (χ4v) is 2.91. The molecule has 5 heteroatoms. The van der Waals surface area contributed by atoms with Crippen molar-refractivity contribution in [2.24, 2.45) is 0 Å². The highest BCUT2D eigenvalue weighted by atomic mass is 79.9. The molecule has 1 fully saturated rings. The average Bonchev–Trinajstić information content (AvgIpc) is 2.41. The van der Waals surface area contributed by atoms with Gasteiger partial charge in [-0.25, -0.2) is 4.39 Å². The smallest absolute Gasteiger partial charge is 0.134 e. The first-order valence-corrected chi connectivity index (χ1v) is 7.16. The molecule has 19 heavy (non-hydrogen) atoms. The third-order valence-corrected chi connectivity index (χ3v) is 4.00. The van der Waals surface area contributed by atoms with Crippen molar-refractivity contribution in [1.29, 1.82) is 0 Å². The van der Waals surface area contributed by atoms with Crippen molar-refractivity contribution in [3.05, 3.63) is 40.6 Å². The van der Waals surface area contributed by atoms with E-state index in [9.17, 15) is 9.50 Å². The third kappa shape index (κ3) is 3.35. The summed E-state index contributed by atoms with van der Waals surface area (Å²) in [5.74, 6) is -0.226. The summed E-state index contributed by atoms with van der Waals surface area (Å²) >= 11 is 3.19. The van der Waals surface area contributed by atoms with E-state index in [4.69, 9.17) is 0 Å². The molecule has 1 aliphatic heterocycles. The number of hydrogen-bond acceptors (Lipinski definition) is 3. The summed E-state index contributed by atoms with van der Waals surface area (Å²) in [6.45, 7) is 7.34. The monoisotopic (exact) mass is 328 g/mol. The zero-order chi connectivity index (χ0) is 13.8. The fraction of sp³-hybridized carbons (Fsp3) is 0.429. The molecule has 0 radical (unpaired) electrons. The van der Waals surface area contributed by atoms with E-state index in [0.717, 1.165) is 26.2 Å². The zero-order valence-electron chi connectivity index (χ0n) is 10.7. The van der Waals surface area contributed by atoms with Crippen LogP contribution in [0, 0.1) is 5.82 Å². The van der Waals surface area contributed by atoms with Crippen LogP contribution in [0.5, 0.6) is 5.75 Å².